The monoisotopic (exact) mass is 401 g/mol. The van der Waals surface area contributed by atoms with Crippen molar-refractivity contribution in [2.45, 2.75) is 6.54 Å². The van der Waals surface area contributed by atoms with Crippen LogP contribution in [0, 0.1) is 0 Å². The molecule has 0 saturated carbocycles. The lowest BCUT2D eigenvalue weighted by molar-refractivity contribution is 0.186. The minimum atomic E-state index is -0.0874. The summed E-state index contributed by atoms with van der Waals surface area (Å²) in [5.41, 5.74) is 6.33. The number of H-pyrrole nitrogens is 1. The van der Waals surface area contributed by atoms with Crippen LogP contribution in [0.25, 0.3) is 33.2 Å². The zero-order valence-corrected chi connectivity index (χ0v) is 16.2. The number of ether oxygens (including phenoxy) is 1. The van der Waals surface area contributed by atoms with E-state index in [0.717, 1.165) is 27.5 Å². The van der Waals surface area contributed by atoms with Gasteiger partial charge in [0.25, 0.3) is 5.56 Å². The molecule has 0 atom stereocenters. The maximum Gasteiger partial charge on any atom is 0.251 e. The first-order valence-electron chi connectivity index (χ1n) is 9.46. The maximum absolute atomic E-state index is 12.4. The van der Waals surface area contributed by atoms with Gasteiger partial charge in [0.15, 0.2) is 5.82 Å². The molecule has 0 radical (unpaired) electrons. The summed E-state index contributed by atoms with van der Waals surface area (Å²) < 4.78 is 6.66. The van der Waals surface area contributed by atoms with E-state index in [1.165, 1.54) is 6.33 Å². The highest BCUT2D eigenvalue weighted by atomic mass is 16.5. The number of aromatic nitrogens is 6. The van der Waals surface area contributed by atoms with Crippen LogP contribution in [0.5, 0.6) is 0 Å². The molecule has 0 aliphatic heterocycles. The van der Waals surface area contributed by atoms with Crippen LogP contribution in [-0.2, 0) is 11.3 Å². The van der Waals surface area contributed by atoms with Crippen molar-refractivity contribution >= 4 is 27.8 Å². The van der Waals surface area contributed by atoms with Crippen LogP contribution in [0.2, 0.25) is 0 Å². The number of hydrogen-bond donors (Lipinski definition) is 2. The van der Waals surface area contributed by atoms with Crippen molar-refractivity contribution in [1.29, 1.82) is 0 Å². The highest BCUT2D eigenvalue weighted by Crippen LogP contribution is 2.26. The van der Waals surface area contributed by atoms with Gasteiger partial charge in [0.1, 0.15) is 12.0 Å². The van der Waals surface area contributed by atoms with Gasteiger partial charge in [-0.05, 0) is 18.2 Å². The molecule has 0 fully saturated rings. The van der Waals surface area contributed by atoms with Crippen LogP contribution >= 0.6 is 0 Å². The lowest BCUT2D eigenvalue weighted by Crippen LogP contribution is -2.20. The van der Waals surface area contributed by atoms with Crippen LogP contribution in [0.1, 0.15) is 0 Å². The fourth-order valence-electron chi connectivity index (χ4n) is 3.40. The molecule has 9 heteroatoms. The smallest absolute Gasteiger partial charge is 0.251 e. The first-order valence-corrected chi connectivity index (χ1v) is 9.46. The molecule has 0 aliphatic carbocycles. The van der Waals surface area contributed by atoms with Crippen LogP contribution in [0.3, 0.4) is 0 Å². The van der Waals surface area contributed by atoms with E-state index in [2.05, 4.69) is 25.5 Å². The molecule has 30 heavy (non-hydrogen) atoms. The van der Waals surface area contributed by atoms with Crippen LogP contribution in [0.15, 0.2) is 66.0 Å². The Kier molecular flexibility index (Phi) is 4.49. The van der Waals surface area contributed by atoms with Crippen molar-refractivity contribution in [3.05, 3.63) is 71.5 Å². The summed E-state index contributed by atoms with van der Waals surface area (Å²) >= 11 is 0. The van der Waals surface area contributed by atoms with E-state index in [-0.39, 0.29) is 5.56 Å². The molecule has 2 N–H and O–H groups in total. The highest BCUT2D eigenvalue weighted by molar-refractivity contribution is 5.91. The molecule has 4 heterocycles. The predicted molar refractivity (Wildman–Crippen MR) is 114 cm³/mol. The molecule has 0 unspecified atom stereocenters. The molecule has 9 nitrogen and oxygen atoms in total. The third-order valence-electron chi connectivity index (χ3n) is 4.96. The van der Waals surface area contributed by atoms with E-state index < -0.39 is 0 Å². The molecular weight excluding hydrogens is 382 g/mol. The SMILES string of the molecule is COCCn1ccc(-c2cc3c(Nn4ncc5ccccc54)ncnc3[nH]2)cc1=O. The van der Waals surface area contributed by atoms with Gasteiger partial charge in [-0.3, -0.25) is 10.2 Å². The van der Waals surface area contributed by atoms with Crippen LogP contribution < -0.4 is 11.0 Å². The van der Waals surface area contributed by atoms with Crippen LogP contribution in [0.4, 0.5) is 5.82 Å². The Morgan fingerprint density at radius 1 is 1.17 bits per heavy atom. The van der Waals surface area contributed by atoms with Crippen molar-refractivity contribution in [2.24, 2.45) is 0 Å². The van der Waals surface area contributed by atoms with Crippen molar-refractivity contribution in [3.63, 3.8) is 0 Å². The number of pyridine rings is 1. The Morgan fingerprint density at radius 3 is 2.93 bits per heavy atom. The minimum Gasteiger partial charge on any atom is -0.383 e. The number of nitrogens with one attached hydrogen (secondary N) is 2. The number of hydrogen-bond acceptors (Lipinski definition) is 6. The summed E-state index contributed by atoms with van der Waals surface area (Å²) in [4.78, 5) is 26.0. The second-order valence-electron chi connectivity index (χ2n) is 6.83. The summed E-state index contributed by atoms with van der Waals surface area (Å²) in [7, 11) is 1.61. The van der Waals surface area contributed by atoms with Gasteiger partial charge in [0, 0.05) is 42.6 Å². The minimum absolute atomic E-state index is 0.0874. The maximum atomic E-state index is 12.4. The third-order valence-corrected chi connectivity index (χ3v) is 4.96. The largest absolute Gasteiger partial charge is 0.383 e. The Labute approximate surface area is 170 Å². The summed E-state index contributed by atoms with van der Waals surface area (Å²) in [5, 5.41) is 6.22. The molecular formula is C21H19N7O2. The number of methoxy groups -OCH3 is 1. The summed E-state index contributed by atoms with van der Waals surface area (Å²) in [6, 6.07) is 13.3. The Bertz CT molecular complexity index is 1400. The molecule has 0 amide bonds. The van der Waals surface area contributed by atoms with E-state index in [0.29, 0.717) is 24.6 Å². The average Bonchev–Trinajstić information content (AvgIpc) is 3.38. The van der Waals surface area contributed by atoms with E-state index in [9.17, 15) is 4.79 Å². The van der Waals surface area contributed by atoms with Gasteiger partial charge >= 0.3 is 0 Å². The molecule has 0 saturated heterocycles. The van der Waals surface area contributed by atoms with Crippen molar-refractivity contribution in [2.75, 3.05) is 19.1 Å². The van der Waals surface area contributed by atoms with Gasteiger partial charge in [-0.1, -0.05) is 18.2 Å². The zero-order chi connectivity index (χ0) is 20.5. The number of aromatic amines is 1. The average molecular weight is 401 g/mol. The summed E-state index contributed by atoms with van der Waals surface area (Å²) in [5.74, 6) is 0.616. The third kappa shape index (κ3) is 3.20. The summed E-state index contributed by atoms with van der Waals surface area (Å²) in [6.07, 6.45) is 5.05. The van der Waals surface area contributed by atoms with E-state index >= 15 is 0 Å². The lowest BCUT2D eigenvalue weighted by atomic mass is 10.2. The predicted octanol–water partition coefficient (Wildman–Crippen LogP) is 2.66. The van der Waals surface area contributed by atoms with Crippen molar-refractivity contribution < 1.29 is 4.74 Å². The molecule has 5 rings (SSSR count). The molecule has 5 aromatic rings. The van der Waals surface area contributed by atoms with Gasteiger partial charge in [-0.2, -0.15) is 9.89 Å². The molecule has 0 spiro atoms. The van der Waals surface area contributed by atoms with Gasteiger partial charge < -0.3 is 14.3 Å². The quantitative estimate of drug-likeness (QED) is 0.453. The van der Waals surface area contributed by atoms with Gasteiger partial charge in [0.05, 0.1) is 23.7 Å². The van der Waals surface area contributed by atoms with Gasteiger partial charge in [-0.25, -0.2) is 9.97 Å². The van der Waals surface area contributed by atoms with Gasteiger partial charge in [0.2, 0.25) is 0 Å². The number of fused-ring (bicyclic) bond motifs is 2. The number of para-hydroxylation sites is 1. The molecule has 4 aromatic heterocycles. The normalized spacial score (nSPS) is 11.4. The van der Waals surface area contributed by atoms with Gasteiger partial charge in [-0.15, -0.1) is 0 Å². The van der Waals surface area contributed by atoms with E-state index in [4.69, 9.17) is 4.74 Å². The Morgan fingerprint density at radius 2 is 2.07 bits per heavy atom. The first-order chi connectivity index (χ1) is 14.7. The second kappa shape index (κ2) is 7.45. The number of rotatable bonds is 6. The fourth-order valence-corrected chi connectivity index (χ4v) is 3.40. The van der Waals surface area contributed by atoms with E-state index in [1.54, 1.807) is 34.9 Å². The first kappa shape index (κ1) is 18.1. The number of anilines is 1. The Balaban J connectivity index is 1.51. The number of nitrogens with zero attached hydrogens (tertiary/aromatic N) is 5. The molecule has 0 aliphatic rings. The van der Waals surface area contributed by atoms with Crippen molar-refractivity contribution in [1.82, 2.24) is 29.4 Å². The molecule has 150 valence electrons. The fraction of sp³-hybridized carbons (Fsp3) is 0.143. The summed E-state index contributed by atoms with van der Waals surface area (Å²) in [6.45, 7) is 0.998. The van der Waals surface area contributed by atoms with Crippen molar-refractivity contribution in [3.8, 4) is 11.3 Å². The second-order valence-corrected chi connectivity index (χ2v) is 6.83. The van der Waals surface area contributed by atoms with Crippen LogP contribution in [-0.4, -0.2) is 43.1 Å². The molecule has 1 aromatic carbocycles. The standard InChI is InChI=1S/C21H19N7O2/c1-30-9-8-27-7-6-14(10-19(27)29)17-11-16-20(25-17)22-13-23-21(16)26-28-18-5-3-2-4-15(18)12-24-28/h2-7,10-13H,8-9H2,1H3,(H2,22,23,25,26). The number of benzene rings is 1. The zero-order valence-electron chi connectivity index (χ0n) is 16.2. The lowest BCUT2D eigenvalue weighted by Gasteiger charge is -2.07. The molecule has 0 bridgehead atoms. The Hall–Kier alpha value is -3.98. The van der Waals surface area contributed by atoms with E-state index in [1.807, 2.05) is 36.4 Å². The topological polar surface area (TPSA) is 103 Å². The highest BCUT2D eigenvalue weighted by Gasteiger charge is 2.12.